The molecule has 10 heteroatoms. The van der Waals surface area contributed by atoms with E-state index in [1.54, 1.807) is 30.4 Å². The van der Waals surface area contributed by atoms with Crippen LogP contribution in [0.1, 0.15) is 37.3 Å². The SMILES string of the molecule is N#CC1C=CC=CC1(c1ccc(-c2cn(C3CCCC3)c3ncnc(N)c23)cc1Cl)S(N)(=O)=O. The van der Waals surface area contributed by atoms with E-state index in [1.807, 2.05) is 12.3 Å². The molecular weight excluding hydrogens is 472 g/mol. The molecule has 0 bridgehead atoms. The maximum absolute atomic E-state index is 12.8. The Balaban J connectivity index is 1.69. The molecule has 2 unspecified atom stereocenters. The highest BCUT2D eigenvalue weighted by molar-refractivity contribution is 7.90. The van der Waals surface area contributed by atoms with Gasteiger partial charge in [-0.05, 0) is 30.0 Å². The summed E-state index contributed by atoms with van der Waals surface area (Å²) in [5, 5.41) is 16.3. The molecule has 3 aromatic rings. The molecule has 2 atom stereocenters. The molecule has 1 aromatic carbocycles. The number of aromatic nitrogens is 3. The van der Waals surface area contributed by atoms with Crippen molar-refractivity contribution in [1.29, 1.82) is 5.26 Å². The summed E-state index contributed by atoms with van der Waals surface area (Å²) in [6.45, 7) is 0. The molecule has 174 valence electrons. The standard InChI is InChI=1S/C24H23ClN6O2S/c25-20-11-15(8-9-19(20)24(34(28,32)33)10-4-3-5-16(24)12-26)18-13-31(17-6-1-2-7-17)23-21(18)22(27)29-14-30-23/h3-5,8-11,13-14,16-17H,1-2,6-7H2,(H2,27,29,30)(H2,28,32,33). The van der Waals surface area contributed by atoms with E-state index in [0.29, 0.717) is 11.9 Å². The molecule has 2 aliphatic rings. The summed E-state index contributed by atoms with van der Waals surface area (Å²) >= 11 is 6.70. The number of primary sulfonamides is 1. The van der Waals surface area contributed by atoms with E-state index in [0.717, 1.165) is 35.0 Å². The highest BCUT2D eigenvalue weighted by Crippen LogP contribution is 2.46. The van der Waals surface area contributed by atoms with Gasteiger partial charge in [-0.1, -0.05) is 60.9 Å². The number of hydrogen-bond acceptors (Lipinski definition) is 6. The lowest BCUT2D eigenvalue weighted by Gasteiger charge is -2.34. The van der Waals surface area contributed by atoms with Gasteiger partial charge in [0, 0.05) is 22.8 Å². The largest absolute Gasteiger partial charge is 0.383 e. The number of anilines is 1. The lowest BCUT2D eigenvalue weighted by Crippen LogP contribution is -2.45. The van der Waals surface area contributed by atoms with Crippen LogP contribution >= 0.6 is 11.6 Å². The molecule has 2 aliphatic carbocycles. The van der Waals surface area contributed by atoms with Gasteiger partial charge in [-0.2, -0.15) is 5.26 Å². The van der Waals surface area contributed by atoms with Crippen molar-refractivity contribution in [2.45, 2.75) is 36.5 Å². The summed E-state index contributed by atoms with van der Waals surface area (Å²) < 4.78 is 26.0. The second-order valence-corrected chi connectivity index (χ2v) is 10.9. The number of halogens is 1. The molecule has 0 amide bonds. The summed E-state index contributed by atoms with van der Waals surface area (Å²) in [6, 6.07) is 7.46. The van der Waals surface area contributed by atoms with Gasteiger partial charge >= 0.3 is 0 Å². The van der Waals surface area contributed by atoms with Crippen molar-refractivity contribution in [3.05, 3.63) is 65.6 Å². The number of fused-ring (bicyclic) bond motifs is 1. The predicted octanol–water partition coefficient (Wildman–Crippen LogP) is 4.20. The maximum atomic E-state index is 12.8. The fourth-order valence-corrected chi connectivity index (χ4v) is 6.86. The highest BCUT2D eigenvalue weighted by Gasteiger charge is 2.49. The number of rotatable bonds is 4. The second kappa shape index (κ2) is 8.24. The average Bonchev–Trinajstić information content (AvgIpc) is 3.47. The molecule has 4 N–H and O–H groups in total. The molecule has 5 rings (SSSR count). The Morgan fingerprint density at radius 3 is 2.65 bits per heavy atom. The Morgan fingerprint density at radius 2 is 1.97 bits per heavy atom. The smallest absolute Gasteiger partial charge is 0.224 e. The summed E-state index contributed by atoms with van der Waals surface area (Å²) in [6.07, 6.45) is 14.1. The number of nitrogens with two attached hydrogens (primary N) is 2. The molecule has 8 nitrogen and oxygen atoms in total. The highest BCUT2D eigenvalue weighted by atomic mass is 35.5. The van der Waals surface area contributed by atoms with E-state index in [-0.39, 0.29) is 10.6 Å². The van der Waals surface area contributed by atoms with Crippen LogP contribution in [0.4, 0.5) is 5.82 Å². The van der Waals surface area contributed by atoms with E-state index < -0.39 is 20.7 Å². The zero-order valence-electron chi connectivity index (χ0n) is 18.2. The van der Waals surface area contributed by atoms with Gasteiger partial charge < -0.3 is 10.3 Å². The Kier molecular flexibility index (Phi) is 5.47. The minimum atomic E-state index is -4.24. The van der Waals surface area contributed by atoms with Crippen molar-refractivity contribution in [2.24, 2.45) is 11.1 Å². The number of sulfonamides is 1. The van der Waals surface area contributed by atoms with Gasteiger partial charge in [0.2, 0.25) is 10.0 Å². The van der Waals surface area contributed by atoms with Crippen LogP contribution in [0.3, 0.4) is 0 Å². The molecule has 2 heterocycles. The van der Waals surface area contributed by atoms with Crippen LogP contribution < -0.4 is 10.9 Å². The monoisotopic (exact) mass is 494 g/mol. The molecular formula is C24H23ClN6O2S. The van der Waals surface area contributed by atoms with Gasteiger partial charge in [-0.15, -0.1) is 0 Å². The first-order valence-electron chi connectivity index (χ1n) is 11.0. The third-order valence-corrected chi connectivity index (χ3v) is 8.75. The number of nitrogens with zero attached hydrogens (tertiary/aromatic N) is 4. The van der Waals surface area contributed by atoms with Gasteiger partial charge in [-0.25, -0.2) is 23.5 Å². The van der Waals surface area contributed by atoms with E-state index in [1.165, 1.54) is 31.3 Å². The molecule has 0 aliphatic heterocycles. The summed E-state index contributed by atoms with van der Waals surface area (Å²) in [7, 11) is -4.24. The van der Waals surface area contributed by atoms with Crippen molar-refractivity contribution in [3.8, 4) is 17.2 Å². The molecule has 0 radical (unpaired) electrons. The first-order valence-corrected chi connectivity index (χ1v) is 12.9. The minimum absolute atomic E-state index is 0.184. The fourth-order valence-electron chi connectivity index (χ4n) is 5.23. The number of nitrogen functional groups attached to an aromatic ring is 1. The van der Waals surface area contributed by atoms with Gasteiger partial charge in [0.25, 0.3) is 0 Å². The Hall–Kier alpha value is -3.19. The van der Waals surface area contributed by atoms with E-state index in [2.05, 4.69) is 14.5 Å². The fraction of sp³-hybridized carbons (Fsp3) is 0.292. The average molecular weight is 495 g/mol. The minimum Gasteiger partial charge on any atom is -0.383 e. The Morgan fingerprint density at radius 1 is 1.21 bits per heavy atom. The van der Waals surface area contributed by atoms with E-state index in [4.69, 9.17) is 22.5 Å². The molecule has 2 aromatic heterocycles. The van der Waals surface area contributed by atoms with Crippen LogP contribution in [-0.2, 0) is 14.8 Å². The molecule has 0 spiro atoms. The molecule has 1 fully saturated rings. The van der Waals surface area contributed by atoms with Crippen molar-refractivity contribution in [1.82, 2.24) is 14.5 Å². The van der Waals surface area contributed by atoms with Gasteiger partial charge in [-0.3, -0.25) is 0 Å². The van der Waals surface area contributed by atoms with Crippen LogP contribution in [-0.4, -0.2) is 23.0 Å². The number of nitriles is 1. The lowest BCUT2D eigenvalue weighted by molar-refractivity contribution is 0.531. The van der Waals surface area contributed by atoms with Crippen LogP contribution in [0.2, 0.25) is 5.02 Å². The second-order valence-electron chi connectivity index (χ2n) is 8.73. The number of allylic oxidation sites excluding steroid dienone is 3. The van der Waals surface area contributed by atoms with Crippen molar-refractivity contribution >= 4 is 38.5 Å². The number of hydrogen-bond donors (Lipinski definition) is 2. The van der Waals surface area contributed by atoms with Crippen molar-refractivity contribution in [3.63, 3.8) is 0 Å². The lowest BCUT2D eigenvalue weighted by atomic mass is 9.82. The first-order chi connectivity index (χ1) is 16.3. The zero-order chi connectivity index (χ0) is 24.1. The normalized spacial score (nSPS) is 22.9. The Labute approximate surface area is 202 Å². The van der Waals surface area contributed by atoms with Crippen LogP contribution in [0.15, 0.2) is 55.0 Å². The third kappa shape index (κ3) is 3.33. The first kappa shape index (κ1) is 22.6. The quantitative estimate of drug-likeness (QED) is 0.556. The Bertz CT molecular complexity index is 1500. The van der Waals surface area contributed by atoms with Gasteiger partial charge in [0.15, 0.2) is 0 Å². The van der Waals surface area contributed by atoms with E-state index >= 15 is 0 Å². The molecule has 1 saturated carbocycles. The van der Waals surface area contributed by atoms with Crippen LogP contribution in [0.5, 0.6) is 0 Å². The summed E-state index contributed by atoms with van der Waals surface area (Å²) in [5.74, 6) is -0.660. The zero-order valence-corrected chi connectivity index (χ0v) is 19.8. The maximum Gasteiger partial charge on any atom is 0.224 e. The number of benzene rings is 1. The van der Waals surface area contributed by atoms with Crippen LogP contribution in [0.25, 0.3) is 22.2 Å². The predicted molar refractivity (Wildman–Crippen MR) is 132 cm³/mol. The topological polar surface area (TPSA) is 141 Å². The van der Waals surface area contributed by atoms with Gasteiger partial charge in [0.05, 0.1) is 17.4 Å². The third-order valence-electron chi connectivity index (χ3n) is 6.89. The van der Waals surface area contributed by atoms with Gasteiger partial charge in [0.1, 0.15) is 22.5 Å². The van der Waals surface area contributed by atoms with Crippen molar-refractivity contribution in [2.75, 3.05) is 5.73 Å². The summed E-state index contributed by atoms with van der Waals surface area (Å²) in [4.78, 5) is 8.68. The van der Waals surface area contributed by atoms with Crippen LogP contribution in [0, 0.1) is 17.2 Å². The van der Waals surface area contributed by atoms with Crippen molar-refractivity contribution < 1.29 is 8.42 Å². The molecule has 0 saturated heterocycles. The summed E-state index contributed by atoms with van der Waals surface area (Å²) in [5.41, 5.74) is 8.83. The molecule has 34 heavy (non-hydrogen) atoms. The van der Waals surface area contributed by atoms with E-state index in [9.17, 15) is 13.7 Å².